The predicted molar refractivity (Wildman–Crippen MR) is 291 cm³/mol. The Morgan fingerprint density at radius 1 is 0.662 bits per heavy atom. The molecule has 2 aromatic carbocycles. The highest BCUT2D eigenvalue weighted by Gasteiger charge is 2.60. The van der Waals surface area contributed by atoms with E-state index in [0.29, 0.717) is 75.1 Å². The Labute approximate surface area is 457 Å². The second kappa shape index (κ2) is 21.5. The molecule has 2 aromatic heterocycles. The van der Waals surface area contributed by atoms with Crippen LogP contribution < -0.4 is 27.0 Å². The van der Waals surface area contributed by atoms with Crippen molar-refractivity contribution in [2.24, 2.45) is 11.8 Å². The molecule has 6 aliphatic rings. The fourth-order valence-electron chi connectivity index (χ4n) is 9.02. The van der Waals surface area contributed by atoms with Crippen LogP contribution >= 0.6 is 23.1 Å². The van der Waals surface area contributed by atoms with E-state index in [9.17, 15) is 56.0 Å². The van der Waals surface area contributed by atoms with Gasteiger partial charge in [-0.2, -0.15) is 21.1 Å². The van der Waals surface area contributed by atoms with Crippen LogP contribution in [0.25, 0.3) is 22.5 Å². The van der Waals surface area contributed by atoms with Gasteiger partial charge in [-0.3, -0.25) is 0 Å². The van der Waals surface area contributed by atoms with Gasteiger partial charge in [0.05, 0.1) is 35.3 Å². The van der Waals surface area contributed by atoms with Crippen LogP contribution in [0.2, 0.25) is 0 Å². The molecule has 2 saturated carbocycles. The number of benzene rings is 2. The van der Waals surface area contributed by atoms with Gasteiger partial charge in [0.15, 0.2) is 11.6 Å². The minimum atomic E-state index is -3.96. The van der Waals surface area contributed by atoms with Gasteiger partial charge in [-0.1, -0.05) is 24.3 Å². The normalized spacial score (nSPS) is 21.9. The SMILES string of the molecule is CN1c2nc(-c3cccc(N4CCN(C(=O)OC(C)(C)C)CC4)c3)ccc2N(CC2CC2(F)F)S1(=O)=O.CN1c2nc(-c3cccc(N4CCN(S(C)(=O)=O)CC4)c3)ccc2N(CC2CC2(F)F)S1(=O)=O.CS(=O)(=O)Cl.Cl. The lowest BCUT2D eigenvalue weighted by Crippen LogP contribution is -2.50. The van der Waals surface area contributed by atoms with Gasteiger partial charge < -0.3 is 19.4 Å². The molecule has 0 radical (unpaired) electrons. The summed E-state index contributed by atoms with van der Waals surface area (Å²) in [5.41, 5.74) is 4.62. The van der Waals surface area contributed by atoms with E-state index < -0.39 is 68.8 Å². The Kier molecular flexibility index (Phi) is 16.6. The van der Waals surface area contributed by atoms with Crippen LogP contribution in [0.4, 0.5) is 56.7 Å². The fourth-order valence-corrected chi connectivity index (χ4v) is 12.7. The van der Waals surface area contributed by atoms with Crippen molar-refractivity contribution < 1.29 is 60.8 Å². The summed E-state index contributed by atoms with van der Waals surface area (Å²) in [5.74, 6) is -7.18. The second-order valence-corrected chi connectivity index (χ2v) is 29.1. The third kappa shape index (κ3) is 13.5. The number of ether oxygens (including phenoxy) is 1. The van der Waals surface area contributed by atoms with E-state index in [4.69, 9.17) is 4.74 Å². The van der Waals surface area contributed by atoms with Gasteiger partial charge in [0, 0.05) is 137 Å². The van der Waals surface area contributed by atoms with Crippen molar-refractivity contribution in [3.63, 3.8) is 0 Å². The summed E-state index contributed by atoms with van der Waals surface area (Å²) in [5, 5.41) is 0. The number of carbonyl (C=O) groups excluding carboxylic acids is 1. The number of alkyl halides is 4. The molecule has 30 heteroatoms. The number of hydrogen-bond acceptors (Lipinski definition) is 14. The van der Waals surface area contributed by atoms with E-state index in [1.165, 1.54) is 24.7 Å². The lowest BCUT2D eigenvalue weighted by molar-refractivity contribution is 0.0240. The van der Waals surface area contributed by atoms with Crippen molar-refractivity contribution in [3.05, 3.63) is 72.8 Å². The first kappa shape index (κ1) is 59.5. The number of halogens is 6. The first-order valence-corrected chi connectivity index (χ1v) is 31.3. The first-order chi connectivity index (χ1) is 35.1. The highest BCUT2D eigenvalue weighted by atomic mass is 35.7. The van der Waals surface area contributed by atoms with Gasteiger partial charge in [-0.15, -0.1) is 12.4 Å². The molecule has 2 unspecified atom stereocenters. The van der Waals surface area contributed by atoms with Crippen molar-refractivity contribution in [2.45, 2.75) is 51.1 Å². The second-order valence-electron chi connectivity index (χ2n) is 20.3. The van der Waals surface area contributed by atoms with Gasteiger partial charge in [0.1, 0.15) is 5.60 Å². The van der Waals surface area contributed by atoms with Crippen molar-refractivity contribution in [2.75, 3.05) is 119 Å². The average molecular weight is 1200 g/mol. The first-order valence-electron chi connectivity index (χ1n) is 24.0. The van der Waals surface area contributed by atoms with Crippen LogP contribution in [-0.4, -0.2) is 168 Å². The molecule has 0 bridgehead atoms. The number of pyridine rings is 2. The molecule has 2 aliphatic carbocycles. The average Bonchev–Trinajstić information content (AvgIpc) is 4.20. The third-order valence-corrected chi connectivity index (χ3v) is 18.3. The lowest BCUT2D eigenvalue weighted by Gasteiger charge is -2.36. The largest absolute Gasteiger partial charge is 0.444 e. The smallest absolute Gasteiger partial charge is 0.410 e. The topological polar surface area (TPSA) is 215 Å². The molecular formula is C47H60Cl2F4N10O10S4. The number of nitrogens with zero attached hydrogens (tertiary/aromatic N) is 10. The molecule has 6 heterocycles. The minimum absolute atomic E-state index is 0. The molecule has 424 valence electrons. The van der Waals surface area contributed by atoms with Gasteiger partial charge in [-0.05, 0) is 69.3 Å². The van der Waals surface area contributed by atoms with Crippen LogP contribution in [0.3, 0.4) is 0 Å². The zero-order chi connectivity index (χ0) is 55.7. The van der Waals surface area contributed by atoms with Crippen molar-refractivity contribution in [3.8, 4) is 22.5 Å². The number of piperazine rings is 2. The van der Waals surface area contributed by atoms with Crippen molar-refractivity contribution in [1.82, 2.24) is 19.2 Å². The summed E-state index contributed by atoms with van der Waals surface area (Å²) < 4.78 is 159. The number of fused-ring (bicyclic) bond motifs is 2. The van der Waals surface area contributed by atoms with Crippen LogP contribution in [0.15, 0.2) is 72.8 Å². The van der Waals surface area contributed by atoms with Crippen LogP contribution in [0, 0.1) is 11.8 Å². The Morgan fingerprint density at radius 2 is 1.03 bits per heavy atom. The van der Waals surface area contributed by atoms with Gasteiger partial charge >= 0.3 is 26.5 Å². The number of anilines is 6. The molecule has 4 fully saturated rings. The summed E-state index contributed by atoms with van der Waals surface area (Å²) >= 11 is 0. The number of aromatic nitrogens is 2. The van der Waals surface area contributed by atoms with Gasteiger partial charge in [0.2, 0.25) is 19.1 Å². The number of rotatable bonds is 9. The van der Waals surface area contributed by atoms with E-state index in [-0.39, 0.29) is 56.1 Å². The van der Waals surface area contributed by atoms with Gasteiger partial charge in [-0.25, -0.2) is 66.4 Å². The predicted octanol–water partition coefficient (Wildman–Crippen LogP) is 6.55. The maximum Gasteiger partial charge on any atom is 0.410 e. The Hall–Kier alpha value is -5.13. The molecule has 1 amide bonds. The number of sulfonamides is 1. The van der Waals surface area contributed by atoms with E-state index in [1.807, 2.05) is 69.3 Å². The highest BCUT2D eigenvalue weighted by molar-refractivity contribution is 8.13. The molecule has 0 spiro atoms. The summed E-state index contributed by atoms with van der Waals surface area (Å²) in [7, 11) is -7.08. The quantitative estimate of drug-likeness (QED) is 0.128. The van der Waals surface area contributed by atoms with E-state index in [0.717, 1.165) is 46.0 Å². The van der Waals surface area contributed by atoms with Crippen molar-refractivity contribution >= 4 is 103 Å². The number of amides is 1. The molecule has 10 rings (SSSR count). The molecule has 2 saturated heterocycles. The van der Waals surface area contributed by atoms with Gasteiger partial charge in [0.25, 0.3) is 11.8 Å². The molecule has 0 N–H and O–H groups in total. The molecule has 2 atom stereocenters. The van der Waals surface area contributed by atoms with Crippen LogP contribution in [0.5, 0.6) is 0 Å². The summed E-state index contributed by atoms with van der Waals surface area (Å²) in [6.45, 7) is 9.25. The highest BCUT2D eigenvalue weighted by Crippen LogP contribution is 2.53. The van der Waals surface area contributed by atoms with E-state index in [2.05, 4.69) is 30.5 Å². The number of carbonyl (C=O) groups is 1. The van der Waals surface area contributed by atoms with E-state index >= 15 is 0 Å². The standard InChI is InChI=1S/C25H31F2N5O4S.C21H25F2N5O4S2.CH3ClO2S.ClH/c1-24(2,3)36-23(33)31-12-10-30(11-13-31)19-7-5-6-17(14-19)20-8-9-21-22(28-20)29(4)37(34,35)32(21)16-18-15-25(18,26)27;1-25-20-19(28(34(25,31)32)14-16-13-21(16,22)23)7-6-18(24-20)15-4-3-5-17(12-15)26-8-10-27(11-9-26)33(2,29)30;1-5(2,3)4;/h5-9,14,18H,10-13,15-16H2,1-4H3;3-7,12,16H,8-11,13-14H2,1-2H3;1H3;1H. The lowest BCUT2D eigenvalue weighted by atomic mass is 10.1. The molecule has 4 aliphatic heterocycles. The zero-order valence-corrected chi connectivity index (χ0v) is 47.9. The maximum atomic E-state index is 13.5. The number of hydrogen-bond donors (Lipinski definition) is 0. The summed E-state index contributed by atoms with van der Waals surface area (Å²) in [6.07, 6.45) is 1.20. The summed E-state index contributed by atoms with van der Waals surface area (Å²) in [4.78, 5) is 27.5. The molecular weight excluding hydrogens is 1140 g/mol. The van der Waals surface area contributed by atoms with Crippen LogP contribution in [-0.2, 0) is 44.2 Å². The monoisotopic (exact) mass is 1200 g/mol. The summed E-state index contributed by atoms with van der Waals surface area (Å²) in [6, 6.07) is 22.0. The molecule has 20 nitrogen and oxygen atoms in total. The Morgan fingerprint density at radius 3 is 1.36 bits per heavy atom. The van der Waals surface area contributed by atoms with E-state index in [1.54, 1.807) is 29.2 Å². The Balaban J connectivity index is 0.000000204. The maximum absolute atomic E-state index is 13.5. The van der Waals surface area contributed by atoms with Crippen molar-refractivity contribution in [1.29, 1.82) is 0 Å². The zero-order valence-electron chi connectivity index (χ0n) is 43.1. The minimum Gasteiger partial charge on any atom is -0.444 e. The fraction of sp³-hybridized carbons (Fsp3) is 0.511. The van der Waals surface area contributed by atoms with Crippen LogP contribution in [0.1, 0.15) is 33.6 Å². The Bertz CT molecular complexity index is 3340. The molecule has 77 heavy (non-hydrogen) atoms. The molecule has 4 aromatic rings. The third-order valence-electron chi connectivity index (χ3n) is 13.4.